The fourth-order valence-electron chi connectivity index (χ4n) is 2.95. The molecule has 0 aliphatic heterocycles. The summed E-state index contributed by atoms with van der Waals surface area (Å²) < 4.78 is 25.6. The largest absolute Gasteiger partial charge is 0.477 e. The van der Waals surface area contributed by atoms with E-state index in [4.69, 9.17) is 9.15 Å². The Hall–Kier alpha value is -4.13. The number of carbonyl (C=O) groups excluding carboxylic acids is 1. The van der Waals surface area contributed by atoms with Crippen LogP contribution in [0.15, 0.2) is 41.0 Å². The van der Waals surface area contributed by atoms with Crippen molar-refractivity contribution in [2.45, 2.75) is 20.4 Å². The van der Waals surface area contributed by atoms with Gasteiger partial charge in [-0.15, -0.1) is 0 Å². The minimum Gasteiger partial charge on any atom is -0.477 e. The molecule has 2 heterocycles. The number of nitriles is 1. The Bertz CT molecular complexity index is 1150. The summed E-state index contributed by atoms with van der Waals surface area (Å²) in [6.45, 7) is 3.24. The summed E-state index contributed by atoms with van der Waals surface area (Å²) in [5.74, 6) is -0.885. The first-order valence-corrected chi connectivity index (χ1v) is 8.80. The molecule has 3 aromatic rings. The van der Waals surface area contributed by atoms with Gasteiger partial charge < -0.3 is 19.0 Å². The first-order chi connectivity index (χ1) is 14.3. The molecule has 1 N–H and O–H groups in total. The highest BCUT2D eigenvalue weighted by Crippen LogP contribution is 2.29. The molecule has 0 spiro atoms. The van der Waals surface area contributed by atoms with E-state index in [1.807, 2.05) is 0 Å². The zero-order valence-corrected chi connectivity index (χ0v) is 16.1. The number of hydrogen-bond donors (Lipinski definition) is 1. The van der Waals surface area contributed by atoms with Crippen LogP contribution in [-0.4, -0.2) is 22.0 Å². The van der Waals surface area contributed by atoms with Crippen molar-refractivity contribution in [3.8, 4) is 11.8 Å². The van der Waals surface area contributed by atoms with Gasteiger partial charge in [0, 0.05) is 17.8 Å². The maximum absolute atomic E-state index is 13.4. The molecule has 3 rings (SSSR count). The van der Waals surface area contributed by atoms with Crippen molar-refractivity contribution in [3.05, 3.63) is 75.1 Å². The van der Waals surface area contributed by atoms with Gasteiger partial charge in [-0.05, 0) is 37.6 Å². The van der Waals surface area contributed by atoms with Crippen LogP contribution in [0.4, 0.5) is 15.9 Å². The summed E-state index contributed by atoms with van der Waals surface area (Å²) in [5, 5.41) is 23.2. The Kier molecular flexibility index (Phi) is 5.83. The van der Waals surface area contributed by atoms with Gasteiger partial charge >= 0.3 is 5.69 Å². The molecule has 2 aromatic heterocycles. The predicted octanol–water partition coefficient (Wildman–Crippen LogP) is 3.68. The first kappa shape index (κ1) is 20.6. The molecule has 0 radical (unpaired) electrons. The zero-order chi connectivity index (χ0) is 21.8. The van der Waals surface area contributed by atoms with Gasteiger partial charge in [-0.25, -0.2) is 4.39 Å². The van der Waals surface area contributed by atoms with Gasteiger partial charge in [-0.3, -0.25) is 14.9 Å². The molecule has 0 aliphatic carbocycles. The van der Waals surface area contributed by atoms with Crippen molar-refractivity contribution in [3.63, 3.8) is 0 Å². The molecular weight excluding hydrogens is 395 g/mol. The lowest BCUT2D eigenvalue weighted by Crippen LogP contribution is -2.23. The van der Waals surface area contributed by atoms with E-state index in [0.717, 1.165) is 23.9 Å². The van der Waals surface area contributed by atoms with Gasteiger partial charge in [0.15, 0.2) is 6.61 Å². The quantitative estimate of drug-likeness (QED) is 0.466. The van der Waals surface area contributed by atoms with E-state index in [-0.39, 0.29) is 23.7 Å². The minimum atomic E-state index is -0.735. The van der Waals surface area contributed by atoms with E-state index in [0.29, 0.717) is 11.3 Å². The van der Waals surface area contributed by atoms with Crippen LogP contribution in [0, 0.1) is 41.1 Å². The summed E-state index contributed by atoms with van der Waals surface area (Å²) in [4.78, 5) is 22.8. The lowest BCUT2D eigenvalue weighted by atomic mass is 10.2. The highest BCUT2D eigenvalue weighted by molar-refractivity contribution is 5.93. The number of nitrogens with zero attached hydrogens (tertiary/aromatic N) is 3. The van der Waals surface area contributed by atoms with Crippen LogP contribution in [0.1, 0.15) is 22.6 Å². The van der Waals surface area contributed by atoms with Gasteiger partial charge in [-0.1, -0.05) is 0 Å². The van der Waals surface area contributed by atoms with Crippen LogP contribution in [0.2, 0.25) is 0 Å². The lowest BCUT2D eigenvalue weighted by Gasteiger charge is -2.12. The van der Waals surface area contributed by atoms with E-state index in [1.165, 1.54) is 6.26 Å². The highest BCUT2D eigenvalue weighted by atomic mass is 19.1. The second-order valence-electron chi connectivity index (χ2n) is 6.42. The molecule has 30 heavy (non-hydrogen) atoms. The van der Waals surface area contributed by atoms with Crippen LogP contribution in [0.25, 0.3) is 0 Å². The topological polar surface area (TPSA) is 123 Å². The van der Waals surface area contributed by atoms with E-state index < -0.39 is 28.9 Å². The normalized spacial score (nSPS) is 10.5. The monoisotopic (exact) mass is 412 g/mol. The molecule has 9 nitrogen and oxygen atoms in total. The number of hydrogen-bond acceptors (Lipinski definition) is 6. The number of aromatic nitrogens is 1. The third-order valence-electron chi connectivity index (χ3n) is 4.57. The van der Waals surface area contributed by atoms with E-state index in [1.54, 1.807) is 30.5 Å². The Balaban J connectivity index is 1.82. The molecule has 0 bridgehead atoms. The van der Waals surface area contributed by atoms with E-state index >= 15 is 0 Å². The summed E-state index contributed by atoms with van der Waals surface area (Å²) in [7, 11) is 0. The molecule has 0 saturated heterocycles. The van der Waals surface area contributed by atoms with Crippen molar-refractivity contribution < 1.29 is 23.3 Å². The summed E-state index contributed by atoms with van der Waals surface area (Å²) in [6.07, 6.45) is 1.52. The van der Waals surface area contributed by atoms with Crippen LogP contribution < -0.4 is 10.1 Å². The molecule has 10 heteroatoms. The summed E-state index contributed by atoms with van der Waals surface area (Å²) in [5.41, 5.74) is 1.28. The molecule has 0 atom stereocenters. The molecule has 1 aromatic carbocycles. The van der Waals surface area contributed by atoms with E-state index in [9.17, 15) is 24.6 Å². The maximum Gasteiger partial charge on any atom is 0.311 e. The molecule has 0 saturated carbocycles. The standard InChI is InChI=1S/C20H17FN4O5/c1-12-13(2)24(10-15-4-3-7-29-15)20(16(12)9-22)23-19(26)11-30-18-8-14(21)5-6-17(18)25(27)28/h3-8H,10-11H2,1-2H3,(H,23,26). The third-order valence-corrected chi connectivity index (χ3v) is 4.57. The second kappa shape index (κ2) is 8.48. The van der Waals surface area contributed by atoms with Gasteiger partial charge in [-0.2, -0.15) is 5.26 Å². The van der Waals surface area contributed by atoms with Gasteiger partial charge in [0.1, 0.15) is 23.5 Å². The van der Waals surface area contributed by atoms with Crippen molar-refractivity contribution >= 4 is 17.4 Å². The number of furan rings is 1. The number of rotatable bonds is 7. The molecule has 0 aliphatic rings. The van der Waals surface area contributed by atoms with Crippen LogP contribution in [0.3, 0.4) is 0 Å². The van der Waals surface area contributed by atoms with Crippen LogP contribution in [-0.2, 0) is 11.3 Å². The highest BCUT2D eigenvalue weighted by Gasteiger charge is 2.22. The first-order valence-electron chi connectivity index (χ1n) is 8.80. The number of halogens is 1. The Labute approximate surface area is 170 Å². The average Bonchev–Trinajstić information content (AvgIpc) is 3.29. The SMILES string of the molecule is Cc1c(C#N)c(NC(=O)COc2cc(F)ccc2[N+](=O)[O-])n(Cc2ccco2)c1C. The van der Waals surface area contributed by atoms with Gasteiger partial charge in [0.25, 0.3) is 5.91 Å². The van der Waals surface area contributed by atoms with Crippen LogP contribution >= 0.6 is 0 Å². The van der Waals surface area contributed by atoms with Crippen molar-refractivity contribution in [1.29, 1.82) is 5.26 Å². The number of nitro benzene ring substituents is 1. The number of ether oxygens (including phenoxy) is 1. The fraction of sp³-hybridized carbons (Fsp3) is 0.200. The second-order valence-corrected chi connectivity index (χ2v) is 6.42. The zero-order valence-electron chi connectivity index (χ0n) is 16.1. The number of benzene rings is 1. The Morgan fingerprint density at radius 1 is 1.40 bits per heavy atom. The van der Waals surface area contributed by atoms with Crippen molar-refractivity contribution in [1.82, 2.24) is 4.57 Å². The fourth-order valence-corrected chi connectivity index (χ4v) is 2.95. The molecule has 1 amide bonds. The molecule has 0 fully saturated rings. The van der Waals surface area contributed by atoms with Crippen molar-refractivity contribution in [2.24, 2.45) is 0 Å². The van der Waals surface area contributed by atoms with E-state index in [2.05, 4.69) is 11.4 Å². The predicted molar refractivity (Wildman–Crippen MR) is 104 cm³/mol. The smallest absolute Gasteiger partial charge is 0.311 e. The average molecular weight is 412 g/mol. The molecule has 0 unspecified atom stereocenters. The maximum atomic E-state index is 13.4. The lowest BCUT2D eigenvalue weighted by molar-refractivity contribution is -0.385. The van der Waals surface area contributed by atoms with Gasteiger partial charge in [0.05, 0.1) is 23.3 Å². The Morgan fingerprint density at radius 3 is 2.80 bits per heavy atom. The minimum absolute atomic E-state index is 0.256. The number of anilines is 1. The number of carbonyl (C=O) groups is 1. The number of amides is 1. The number of nitrogens with one attached hydrogen (secondary N) is 1. The van der Waals surface area contributed by atoms with Gasteiger partial charge in [0.2, 0.25) is 5.75 Å². The van der Waals surface area contributed by atoms with Crippen molar-refractivity contribution in [2.75, 3.05) is 11.9 Å². The number of nitro groups is 1. The summed E-state index contributed by atoms with van der Waals surface area (Å²) >= 11 is 0. The Morgan fingerprint density at radius 2 is 2.17 bits per heavy atom. The van der Waals surface area contributed by atoms with Crippen LogP contribution in [0.5, 0.6) is 5.75 Å². The molecular formula is C20H17FN4O5. The third kappa shape index (κ3) is 4.15. The summed E-state index contributed by atoms with van der Waals surface area (Å²) in [6, 6.07) is 8.28. The molecule has 154 valence electrons.